The summed E-state index contributed by atoms with van der Waals surface area (Å²) in [4.78, 5) is 59.5. The Morgan fingerprint density at radius 2 is 1.94 bits per heavy atom. The van der Waals surface area contributed by atoms with Gasteiger partial charge in [-0.2, -0.15) is 0 Å². The number of fused-ring (bicyclic) bond motifs is 1. The van der Waals surface area contributed by atoms with Crippen LogP contribution in [0.15, 0.2) is 34.0 Å². The van der Waals surface area contributed by atoms with Crippen molar-refractivity contribution >= 4 is 45.4 Å². The minimum Gasteiger partial charge on any atom is -0.381 e. The van der Waals surface area contributed by atoms with Crippen LogP contribution in [0, 0.1) is 11.8 Å². The van der Waals surface area contributed by atoms with E-state index in [0.29, 0.717) is 52.4 Å². The van der Waals surface area contributed by atoms with Crippen LogP contribution in [0.4, 0.5) is 0 Å². The summed E-state index contributed by atoms with van der Waals surface area (Å²) in [5.74, 6) is 0.344. The molecule has 0 amide bonds. The number of ether oxygens (including phenoxy) is 1. The van der Waals surface area contributed by atoms with Gasteiger partial charge in [-0.1, -0.05) is 17.7 Å². The predicted octanol–water partition coefficient (Wildman–Crippen LogP) is 3.95. The molecule has 0 spiro atoms. The SMILES string of the molecule is O=C(CC1CC1)c1ccc2c(=O)n(C(CC3CCOCC3)C(=O)Cc3ncc(Cl)s3)c(=O)[nH]c2c1. The van der Waals surface area contributed by atoms with Gasteiger partial charge in [0.1, 0.15) is 15.4 Å². The van der Waals surface area contributed by atoms with Crippen molar-refractivity contribution in [1.82, 2.24) is 14.5 Å². The predicted molar refractivity (Wildman–Crippen MR) is 134 cm³/mol. The van der Waals surface area contributed by atoms with Crippen molar-refractivity contribution in [2.24, 2.45) is 11.8 Å². The zero-order valence-corrected chi connectivity index (χ0v) is 20.7. The smallest absolute Gasteiger partial charge is 0.329 e. The number of nitrogens with one attached hydrogen (secondary N) is 1. The Hall–Kier alpha value is -2.62. The summed E-state index contributed by atoms with van der Waals surface area (Å²) in [6.07, 6.45) is 5.98. The first-order valence-electron chi connectivity index (χ1n) is 11.9. The summed E-state index contributed by atoms with van der Waals surface area (Å²) in [6.45, 7) is 1.18. The highest BCUT2D eigenvalue weighted by Gasteiger charge is 2.30. The Bertz CT molecular complexity index is 1380. The molecule has 1 saturated carbocycles. The molecule has 1 aliphatic heterocycles. The van der Waals surface area contributed by atoms with Crippen molar-refractivity contribution in [1.29, 1.82) is 0 Å². The lowest BCUT2D eigenvalue weighted by molar-refractivity contribution is -0.122. The van der Waals surface area contributed by atoms with E-state index in [0.717, 1.165) is 30.3 Å². The molecule has 1 unspecified atom stereocenters. The van der Waals surface area contributed by atoms with Crippen molar-refractivity contribution in [3.05, 3.63) is 60.1 Å². The minimum absolute atomic E-state index is 0.00843. The molecule has 3 aromatic rings. The normalized spacial score (nSPS) is 17.5. The molecule has 2 aromatic heterocycles. The van der Waals surface area contributed by atoms with Crippen LogP contribution in [-0.2, 0) is 16.0 Å². The van der Waals surface area contributed by atoms with Crippen molar-refractivity contribution in [3.63, 3.8) is 0 Å². The average molecular weight is 516 g/mol. The zero-order valence-electron chi connectivity index (χ0n) is 19.1. The summed E-state index contributed by atoms with van der Waals surface area (Å²) >= 11 is 7.18. The van der Waals surface area contributed by atoms with Crippen molar-refractivity contribution in [2.75, 3.05) is 13.2 Å². The molecular weight excluding hydrogens is 490 g/mol. The van der Waals surface area contributed by atoms with Gasteiger partial charge in [0.15, 0.2) is 11.6 Å². The third-order valence-electron chi connectivity index (χ3n) is 6.85. The number of rotatable bonds is 9. The van der Waals surface area contributed by atoms with E-state index < -0.39 is 17.3 Å². The third-order valence-corrected chi connectivity index (χ3v) is 7.97. The second-order valence-corrected chi connectivity index (χ2v) is 11.2. The Balaban J connectivity index is 1.51. The molecule has 35 heavy (non-hydrogen) atoms. The van der Waals surface area contributed by atoms with Crippen LogP contribution in [0.5, 0.6) is 0 Å². The molecule has 0 radical (unpaired) electrons. The van der Waals surface area contributed by atoms with Gasteiger partial charge in [-0.15, -0.1) is 11.3 Å². The number of hydrogen-bond donors (Lipinski definition) is 1. The van der Waals surface area contributed by atoms with Crippen LogP contribution in [0.3, 0.4) is 0 Å². The number of aromatic nitrogens is 3. The van der Waals surface area contributed by atoms with Gasteiger partial charge in [-0.25, -0.2) is 14.3 Å². The van der Waals surface area contributed by atoms with Gasteiger partial charge in [-0.05, 0) is 56.1 Å². The number of hydrogen-bond acceptors (Lipinski definition) is 7. The molecule has 2 aliphatic rings. The molecule has 2 fully saturated rings. The first-order valence-corrected chi connectivity index (χ1v) is 13.1. The highest BCUT2D eigenvalue weighted by atomic mass is 35.5. The van der Waals surface area contributed by atoms with E-state index in [1.807, 2.05) is 0 Å². The molecular formula is C25H26ClN3O5S. The van der Waals surface area contributed by atoms with Gasteiger partial charge in [0.25, 0.3) is 5.56 Å². The van der Waals surface area contributed by atoms with E-state index in [1.54, 1.807) is 18.2 Å². The number of nitrogens with zero attached hydrogens (tertiary/aromatic N) is 2. The molecule has 1 aliphatic carbocycles. The molecule has 184 valence electrons. The van der Waals surface area contributed by atoms with Crippen molar-refractivity contribution < 1.29 is 14.3 Å². The Labute approximate surface area is 210 Å². The number of carbonyl (C=O) groups excluding carboxylic acids is 2. The van der Waals surface area contributed by atoms with Gasteiger partial charge in [0, 0.05) is 25.2 Å². The van der Waals surface area contributed by atoms with E-state index in [9.17, 15) is 19.2 Å². The minimum atomic E-state index is -0.933. The highest BCUT2D eigenvalue weighted by Crippen LogP contribution is 2.33. The quantitative estimate of drug-likeness (QED) is 0.432. The maximum absolute atomic E-state index is 13.5. The molecule has 1 N–H and O–H groups in total. The summed E-state index contributed by atoms with van der Waals surface area (Å²) in [6, 6.07) is 3.84. The van der Waals surface area contributed by atoms with Gasteiger partial charge < -0.3 is 9.72 Å². The van der Waals surface area contributed by atoms with Gasteiger partial charge in [0.05, 0.1) is 23.5 Å². The summed E-state index contributed by atoms with van der Waals surface area (Å²) in [7, 11) is 0. The van der Waals surface area contributed by atoms with Gasteiger partial charge in [-0.3, -0.25) is 14.4 Å². The van der Waals surface area contributed by atoms with Gasteiger partial charge >= 0.3 is 5.69 Å². The summed E-state index contributed by atoms with van der Waals surface area (Å²) in [5, 5.41) is 0.815. The van der Waals surface area contributed by atoms with Crippen LogP contribution in [0.1, 0.15) is 59.9 Å². The maximum Gasteiger partial charge on any atom is 0.329 e. The fraction of sp³-hybridized carbons (Fsp3) is 0.480. The molecule has 1 saturated heterocycles. The van der Waals surface area contributed by atoms with E-state index in [-0.39, 0.29) is 29.3 Å². The van der Waals surface area contributed by atoms with Gasteiger partial charge in [0.2, 0.25) is 0 Å². The standard InChI is InChI=1S/C25H26ClN3O5S/c26-22-13-27-23(35-22)12-21(31)19(9-15-5-7-34-8-6-15)29-24(32)17-4-3-16(11-18(17)28-25(29)33)20(30)10-14-1-2-14/h3-4,11,13-15,19H,1-2,5-10,12H2,(H,28,33). The van der Waals surface area contributed by atoms with Crippen LogP contribution in [-0.4, -0.2) is 39.3 Å². The number of thiazole rings is 1. The fourth-order valence-corrected chi connectivity index (χ4v) is 5.67. The molecule has 3 heterocycles. The summed E-state index contributed by atoms with van der Waals surface area (Å²) < 4.78 is 6.95. The summed E-state index contributed by atoms with van der Waals surface area (Å²) in [5.41, 5.74) is -0.404. The van der Waals surface area contributed by atoms with Crippen LogP contribution >= 0.6 is 22.9 Å². The Morgan fingerprint density at radius 3 is 2.63 bits per heavy atom. The van der Waals surface area contributed by atoms with E-state index in [1.165, 1.54) is 17.5 Å². The molecule has 1 aromatic carbocycles. The van der Waals surface area contributed by atoms with Crippen LogP contribution < -0.4 is 11.2 Å². The van der Waals surface area contributed by atoms with Crippen LogP contribution in [0.25, 0.3) is 10.9 Å². The number of halogens is 1. The van der Waals surface area contributed by atoms with E-state index in [4.69, 9.17) is 16.3 Å². The number of aromatic amines is 1. The number of benzene rings is 1. The largest absolute Gasteiger partial charge is 0.381 e. The van der Waals surface area contributed by atoms with E-state index >= 15 is 0 Å². The average Bonchev–Trinajstić information content (AvgIpc) is 3.57. The molecule has 5 rings (SSSR count). The van der Waals surface area contributed by atoms with Crippen LogP contribution in [0.2, 0.25) is 4.34 Å². The lowest BCUT2D eigenvalue weighted by Gasteiger charge is -2.26. The highest BCUT2D eigenvalue weighted by molar-refractivity contribution is 7.15. The number of ketones is 2. The zero-order chi connectivity index (χ0) is 24.5. The number of Topliss-reactive ketones (excluding diaryl/α,β-unsaturated/α-hetero) is 2. The first kappa shape index (κ1) is 24.1. The molecule has 0 bridgehead atoms. The Kier molecular flexibility index (Phi) is 7.00. The monoisotopic (exact) mass is 515 g/mol. The first-order chi connectivity index (χ1) is 16.9. The maximum atomic E-state index is 13.5. The van der Waals surface area contributed by atoms with E-state index in [2.05, 4.69) is 9.97 Å². The van der Waals surface area contributed by atoms with Crippen molar-refractivity contribution in [2.45, 2.75) is 51.0 Å². The van der Waals surface area contributed by atoms with Crippen molar-refractivity contribution in [3.8, 4) is 0 Å². The second-order valence-electron chi connectivity index (χ2n) is 9.44. The fourth-order valence-electron chi connectivity index (χ4n) is 4.71. The molecule has 8 nitrogen and oxygen atoms in total. The molecule has 10 heteroatoms. The third kappa shape index (κ3) is 5.47. The Morgan fingerprint density at radius 1 is 1.17 bits per heavy atom. The lowest BCUT2D eigenvalue weighted by atomic mass is 9.90. The number of H-pyrrole nitrogens is 1. The molecule has 1 atom stereocenters. The topological polar surface area (TPSA) is 111 Å². The second kappa shape index (κ2) is 10.2. The number of carbonyl (C=O) groups is 2. The lowest BCUT2D eigenvalue weighted by Crippen LogP contribution is -2.42.